The molecule has 3 N–H and O–H groups in total. The van der Waals surface area contributed by atoms with E-state index in [2.05, 4.69) is 11.8 Å². The van der Waals surface area contributed by atoms with E-state index in [4.69, 9.17) is 18.0 Å². The smallest absolute Gasteiger partial charge is 0.103 e. The minimum Gasteiger partial charge on any atom is -0.389 e. The quantitative estimate of drug-likeness (QED) is 0.791. The van der Waals surface area contributed by atoms with Gasteiger partial charge in [0.25, 0.3) is 0 Å². The Hall–Kier alpha value is -0.970. The van der Waals surface area contributed by atoms with Crippen molar-refractivity contribution in [2.24, 2.45) is 5.73 Å². The first kappa shape index (κ1) is 15.4. The van der Waals surface area contributed by atoms with Gasteiger partial charge in [-0.2, -0.15) is 0 Å². The summed E-state index contributed by atoms with van der Waals surface area (Å²) in [6.45, 7) is 3.86. The molecule has 3 nitrogen and oxygen atoms in total. The van der Waals surface area contributed by atoms with Crippen LogP contribution in [0.5, 0.6) is 0 Å². The predicted molar refractivity (Wildman–Crippen MR) is 86.8 cm³/mol. The van der Waals surface area contributed by atoms with Gasteiger partial charge in [0.1, 0.15) is 4.99 Å². The van der Waals surface area contributed by atoms with Crippen LogP contribution >= 0.6 is 12.2 Å². The third-order valence-corrected chi connectivity index (χ3v) is 4.47. The van der Waals surface area contributed by atoms with Crippen molar-refractivity contribution >= 4 is 17.2 Å². The lowest BCUT2D eigenvalue weighted by molar-refractivity contribution is 0.0914. The van der Waals surface area contributed by atoms with Crippen LogP contribution in [0.4, 0.5) is 0 Å². The number of thiocarbonyl (C=S) groups is 1. The van der Waals surface area contributed by atoms with Crippen molar-refractivity contribution in [2.45, 2.75) is 44.8 Å². The van der Waals surface area contributed by atoms with Gasteiger partial charge in [-0.25, -0.2) is 0 Å². The number of hydrogen-bond donors (Lipinski definition) is 2. The fraction of sp³-hybridized carbons (Fsp3) is 0.562. The first-order valence-electron chi connectivity index (χ1n) is 7.43. The zero-order chi connectivity index (χ0) is 14.5. The molecule has 0 heterocycles. The van der Waals surface area contributed by atoms with Crippen LogP contribution in [0.3, 0.4) is 0 Å². The van der Waals surface area contributed by atoms with Crippen LogP contribution in [-0.4, -0.2) is 34.1 Å². The number of rotatable bonds is 6. The molecule has 0 saturated heterocycles. The van der Waals surface area contributed by atoms with E-state index in [9.17, 15) is 5.11 Å². The summed E-state index contributed by atoms with van der Waals surface area (Å²) in [6.07, 6.45) is 4.72. The van der Waals surface area contributed by atoms with Gasteiger partial charge in [0.05, 0.1) is 6.10 Å². The van der Waals surface area contributed by atoms with Crippen molar-refractivity contribution < 1.29 is 5.11 Å². The summed E-state index contributed by atoms with van der Waals surface area (Å²) in [5.74, 6) is 0. The summed E-state index contributed by atoms with van der Waals surface area (Å²) in [6, 6.07) is 8.24. The summed E-state index contributed by atoms with van der Waals surface area (Å²) in [7, 11) is 0. The van der Waals surface area contributed by atoms with Crippen molar-refractivity contribution in [2.75, 3.05) is 13.1 Å². The molecule has 1 atom stereocenters. The molecule has 1 aromatic rings. The Morgan fingerprint density at radius 2 is 1.95 bits per heavy atom. The minimum absolute atomic E-state index is 0.396. The monoisotopic (exact) mass is 292 g/mol. The molecule has 1 unspecified atom stereocenters. The lowest BCUT2D eigenvalue weighted by atomic mass is 10.1. The van der Waals surface area contributed by atoms with Gasteiger partial charge in [-0.15, -0.1) is 0 Å². The number of likely N-dealkylation sites (N-methyl/N-ethyl adjacent to an activating group) is 1. The third kappa shape index (κ3) is 3.78. The van der Waals surface area contributed by atoms with Crippen LogP contribution in [0.2, 0.25) is 0 Å². The van der Waals surface area contributed by atoms with Crippen LogP contribution in [0.25, 0.3) is 0 Å². The van der Waals surface area contributed by atoms with E-state index < -0.39 is 6.10 Å². The summed E-state index contributed by atoms with van der Waals surface area (Å²) < 4.78 is 0. The van der Waals surface area contributed by atoms with Crippen molar-refractivity contribution in [3.8, 4) is 0 Å². The van der Waals surface area contributed by atoms with E-state index in [0.717, 1.165) is 17.7 Å². The zero-order valence-corrected chi connectivity index (χ0v) is 12.9. The molecule has 0 aromatic heterocycles. The average molecular weight is 292 g/mol. The van der Waals surface area contributed by atoms with Crippen LogP contribution in [0.15, 0.2) is 24.3 Å². The van der Waals surface area contributed by atoms with Gasteiger partial charge in [-0.1, -0.05) is 56.2 Å². The average Bonchev–Trinajstić information content (AvgIpc) is 2.98. The number of benzene rings is 1. The lowest BCUT2D eigenvalue weighted by Gasteiger charge is -2.29. The van der Waals surface area contributed by atoms with Gasteiger partial charge in [-0.05, 0) is 24.9 Å². The van der Waals surface area contributed by atoms with E-state index >= 15 is 0 Å². The molecule has 1 aliphatic rings. The summed E-state index contributed by atoms with van der Waals surface area (Å²) in [4.78, 5) is 2.80. The summed E-state index contributed by atoms with van der Waals surface area (Å²) >= 11 is 4.94. The van der Waals surface area contributed by atoms with E-state index in [1.807, 2.05) is 24.3 Å². The molecule has 1 saturated carbocycles. The Morgan fingerprint density at radius 3 is 2.45 bits per heavy atom. The SMILES string of the molecule is CCN(CC(O)c1ccc(C(N)=S)cc1)C1CCCC1. The second-order valence-corrected chi connectivity index (χ2v) is 5.97. The molecule has 0 spiro atoms. The molecule has 0 bridgehead atoms. The lowest BCUT2D eigenvalue weighted by Crippen LogP contribution is -2.36. The van der Waals surface area contributed by atoms with Crippen molar-refractivity contribution in [1.82, 2.24) is 4.90 Å². The van der Waals surface area contributed by atoms with Gasteiger partial charge < -0.3 is 10.8 Å². The number of aliphatic hydroxyl groups excluding tert-OH is 1. The molecule has 20 heavy (non-hydrogen) atoms. The van der Waals surface area contributed by atoms with Gasteiger partial charge in [0.15, 0.2) is 0 Å². The molecule has 110 valence electrons. The first-order valence-corrected chi connectivity index (χ1v) is 7.84. The molecule has 0 radical (unpaired) electrons. The minimum atomic E-state index is -0.448. The largest absolute Gasteiger partial charge is 0.389 e. The first-order chi connectivity index (χ1) is 9.61. The van der Waals surface area contributed by atoms with Crippen molar-refractivity contribution in [3.05, 3.63) is 35.4 Å². The maximum atomic E-state index is 10.4. The molecule has 1 fully saturated rings. The van der Waals surface area contributed by atoms with Crippen LogP contribution in [0.1, 0.15) is 49.8 Å². The molecular formula is C16H24N2OS. The molecule has 0 aliphatic heterocycles. The Balaban J connectivity index is 1.98. The highest BCUT2D eigenvalue weighted by Gasteiger charge is 2.23. The highest BCUT2D eigenvalue weighted by atomic mass is 32.1. The number of nitrogens with zero attached hydrogens (tertiary/aromatic N) is 1. The fourth-order valence-corrected chi connectivity index (χ4v) is 3.14. The molecule has 4 heteroatoms. The summed E-state index contributed by atoms with van der Waals surface area (Å²) in [5.41, 5.74) is 7.36. The van der Waals surface area contributed by atoms with E-state index in [0.29, 0.717) is 17.6 Å². The third-order valence-electron chi connectivity index (χ3n) is 4.23. The number of aliphatic hydroxyl groups is 1. The Morgan fingerprint density at radius 1 is 1.35 bits per heavy atom. The number of hydrogen-bond acceptors (Lipinski definition) is 3. The highest BCUT2D eigenvalue weighted by molar-refractivity contribution is 7.80. The van der Waals surface area contributed by atoms with Crippen molar-refractivity contribution in [1.29, 1.82) is 0 Å². The molecule has 0 amide bonds. The molecular weight excluding hydrogens is 268 g/mol. The molecule has 1 aromatic carbocycles. The van der Waals surface area contributed by atoms with E-state index in [1.54, 1.807) is 0 Å². The molecule has 1 aliphatic carbocycles. The van der Waals surface area contributed by atoms with E-state index in [-0.39, 0.29) is 0 Å². The highest BCUT2D eigenvalue weighted by Crippen LogP contribution is 2.25. The van der Waals surface area contributed by atoms with Gasteiger partial charge in [0, 0.05) is 18.2 Å². The maximum Gasteiger partial charge on any atom is 0.103 e. The Kier molecular flexibility index (Phi) is 5.52. The summed E-state index contributed by atoms with van der Waals surface area (Å²) in [5, 5.41) is 10.4. The van der Waals surface area contributed by atoms with Gasteiger partial charge >= 0.3 is 0 Å². The normalized spacial score (nSPS) is 17.6. The van der Waals surface area contributed by atoms with Gasteiger partial charge in [0.2, 0.25) is 0 Å². The Bertz CT molecular complexity index is 440. The van der Waals surface area contributed by atoms with Crippen molar-refractivity contribution in [3.63, 3.8) is 0 Å². The standard InChI is InChI=1S/C16H24N2OS/c1-2-18(14-5-3-4-6-14)11-15(19)12-7-9-13(10-8-12)16(17)20/h7-10,14-15,19H,2-6,11H2,1H3,(H2,17,20). The predicted octanol–water partition coefficient (Wildman–Crippen LogP) is 2.62. The maximum absolute atomic E-state index is 10.4. The topological polar surface area (TPSA) is 49.5 Å². The van der Waals surface area contributed by atoms with E-state index in [1.165, 1.54) is 25.7 Å². The second-order valence-electron chi connectivity index (χ2n) is 5.53. The Labute approximate surface area is 126 Å². The van der Waals surface area contributed by atoms with Crippen LogP contribution in [0, 0.1) is 0 Å². The van der Waals surface area contributed by atoms with Crippen LogP contribution < -0.4 is 5.73 Å². The van der Waals surface area contributed by atoms with Gasteiger partial charge in [-0.3, -0.25) is 4.90 Å². The number of nitrogens with two attached hydrogens (primary N) is 1. The zero-order valence-electron chi connectivity index (χ0n) is 12.1. The molecule has 2 rings (SSSR count). The fourth-order valence-electron chi connectivity index (χ4n) is 3.00. The second kappa shape index (κ2) is 7.16. The van der Waals surface area contributed by atoms with Crippen LogP contribution in [-0.2, 0) is 0 Å².